The Kier molecular flexibility index (Phi) is 4.33. The second-order valence-corrected chi connectivity index (χ2v) is 4.68. The van der Waals surface area contributed by atoms with Crippen LogP contribution in [-0.4, -0.2) is 34.9 Å². The van der Waals surface area contributed by atoms with Gasteiger partial charge in [-0.05, 0) is 24.5 Å². The highest BCUT2D eigenvalue weighted by Crippen LogP contribution is 2.16. The molecule has 3 amide bonds. The van der Waals surface area contributed by atoms with Crippen molar-refractivity contribution in [2.45, 2.75) is 19.4 Å². The third-order valence-corrected chi connectivity index (χ3v) is 3.35. The van der Waals surface area contributed by atoms with Crippen molar-refractivity contribution in [1.82, 2.24) is 15.2 Å². The van der Waals surface area contributed by atoms with Crippen LogP contribution in [0.3, 0.4) is 0 Å². The van der Waals surface area contributed by atoms with E-state index < -0.39 is 0 Å². The molecule has 2 heterocycles. The number of pyridine rings is 1. The highest BCUT2D eigenvalue weighted by atomic mass is 16.2. The van der Waals surface area contributed by atoms with Crippen molar-refractivity contribution in [3.05, 3.63) is 30.1 Å². The van der Waals surface area contributed by atoms with E-state index in [-0.39, 0.29) is 17.9 Å². The number of nitrogens with zero attached hydrogens (tertiary/aromatic N) is 2. The maximum Gasteiger partial charge on any atom is 0.317 e. The maximum atomic E-state index is 11.9. The monoisotopic (exact) mass is 262 g/mol. The molecule has 0 radical (unpaired) electrons. The van der Waals surface area contributed by atoms with Crippen molar-refractivity contribution in [2.75, 3.05) is 13.1 Å². The number of rotatable bonds is 3. The van der Waals surface area contributed by atoms with Crippen LogP contribution < -0.4 is 11.1 Å². The standard InChI is InChI=1S/C13H18N4O2/c14-12(18)11-3-6-17(7-4-11)13(19)16-9-10-2-1-5-15-8-10/h1-2,5,8,11H,3-4,6-7,9H2,(H2,14,18)(H,16,19). The first kappa shape index (κ1) is 13.3. The summed E-state index contributed by atoms with van der Waals surface area (Å²) >= 11 is 0. The van der Waals surface area contributed by atoms with Gasteiger partial charge in [-0.25, -0.2) is 4.79 Å². The number of piperidine rings is 1. The number of carbonyl (C=O) groups excluding carboxylic acids is 2. The van der Waals surface area contributed by atoms with E-state index in [1.54, 1.807) is 17.3 Å². The van der Waals surface area contributed by atoms with Crippen LogP contribution in [0.2, 0.25) is 0 Å². The van der Waals surface area contributed by atoms with Crippen molar-refractivity contribution in [3.8, 4) is 0 Å². The van der Waals surface area contributed by atoms with E-state index in [1.165, 1.54) is 0 Å². The molecular weight excluding hydrogens is 244 g/mol. The molecule has 0 unspecified atom stereocenters. The molecule has 1 aliphatic rings. The Morgan fingerprint density at radius 1 is 1.42 bits per heavy atom. The summed E-state index contributed by atoms with van der Waals surface area (Å²) < 4.78 is 0. The fraction of sp³-hybridized carbons (Fsp3) is 0.462. The normalized spacial score (nSPS) is 16.1. The Hall–Kier alpha value is -2.11. The van der Waals surface area contributed by atoms with Gasteiger partial charge in [0, 0.05) is 37.9 Å². The highest BCUT2D eigenvalue weighted by molar-refractivity contribution is 5.78. The molecule has 1 saturated heterocycles. The van der Waals surface area contributed by atoms with Crippen molar-refractivity contribution >= 4 is 11.9 Å². The van der Waals surface area contributed by atoms with Crippen LogP contribution in [-0.2, 0) is 11.3 Å². The molecule has 1 aliphatic heterocycles. The average molecular weight is 262 g/mol. The number of amides is 3. The van der Waals surface area contributed by atoms with Crippen LogP contribution >= 0.6 is 0 Å². The van der Waals surface area contributed by atoms with Gasteiger partial charge in [-0.2, -0.15) is 0 Å². The summed E-state index contributed by atoms with van der Waals surface area (Å²) in [7, 11) is 0. The molecule has 3 N–H and O–H groups in total. The molecule has 1 aromatic heterocycles. The summed E-state index contributed by atoms with van der Waals surface area (Å²) in [5.74, 6) is -0.363. The predicted molar refractivity (Wildman–Crippen MR) is 70.0 cm³/mol. The second kappa shape index (κ2) is 6.17. The van der Waals surface area contributed by atoms with Gasteiger partial charge in [-0.1, -0.05) is 6.07 Å². The molecule has 2 rings (SSSR count). The Morgan fingerprint density at radius 3 is 2.74 bits per heavy atom. The minimum atomic E-state index is -0.268. The van der Waals surface area contributed by atoms with Crippen molar-refractivity contribution in [1.29, 1.82) is 0 Å². The number of nitrogens with two attached hydrogens (primary N) is 1. The summed E-state index contributed by atoms with van der Waals surface area (Å²) in [6.07, 6.45) is 4.71. The zero-order chi connectivity index (χ0) is 13.7. The molecule has 0 aromatic carbocycles. The molecule has 0 atom stereocenters. The number of hydrogen-bond donors (Lipinski definition) is 2. The molecule has 1 aromatic rings. The van der Waals surface area contributed by atoms with Gasteiger partial charge in [0.15, 0.2) is 0 Å². The van der Waals surface area contributed by atoms with E-state index in [2.05, 4.69) is 10.3 Å². The average Bonchev–Trinajstić information content (AvgIpc) is 2.46. The summed E-state index contributed by atoms with van der Waals surface area (Å²) in [6, 6.07) is 3.64. The van der Waals surface area contributed by atoms with Gasteiger partial charge in [0.1, 0.15) is 0 Å². The number of carbonyl (C=O) groups is 2. The zero-order valence-electron chi connectivity index (χ0n) is 10.7. The van der Waals surface area contributed by atoms with Gasteiger partial charge >= 0.3 is 6.03 Å². The number of primary amides is 1. The maximum absolute atomic E-state index is 11.9. The smallest absolute Gasteiger partial charge is 0.317 e. The number of nitrogens with one attached hydrogen (secondary N) is 1. The quantitative estimate of drug-likeness (QED) is 0.830. The number of urea groups is 1. The van der Waals surface area contributed by atoms with Crippen LogP contribution in [0.5, 0.6) is 0 Å². The van der Waals surface area contributed by atoms with E-state index in [0.717, 1.165) is 5.56 Å². The van der Waals surface area contributed by atoms with Gasteiger partial charge in [-0.15, -0.1) is 0 Å². The summed E-state index contributed by atoms with van der Waals surface area (Å²) in [4.78, 5) is 28.7. The third kappa shape index (κ3) is 3.67. The number of hydrogen-bond acceptors (Lipinski definition) is 3. The van der Waals surface area contributed by atoms with E-state index in [1.807, 2.05) is 12.1 Å². The number of likely N-dealkylation sites (tertiary alicyclic amines) is 1. The molecule has 102 valence electrons. The SMILES string of the molecule is NC(=O)C1CCN(C(=O)NCc2cccnc2)CC1. The molecule has 19 heavy (non-hydrogen) atoms. The Balaban J connectivity index is 1.77. The van der Waals surface area contributed by atoms with Crippen molar-refractivity contribution in [3.63, 3.8) is 0 Å². The molecule has 0 saturated carbocycles. The van der Waals surface area contributed by atoms with Gasteiger partial charge in [0.05, 0.1) is 0 Å². The van der Waals surface area contributed by atoms with E-state index in [0.29, 0.717) is 32.5 Å². The van der Waals surface area contributed by atoms with Crippen LogP contribution in [0, 0.1) is 5.92 Å². The van der Waals surface area contributed by atoms with Crippen LogP contribution in [0.15, 0.2) is 24.5 Å². The van der Waals surface area contributed by atoms with Crippen LogP contribution in [0.1, 0.15) is 18.4 Å². The molecule has 0 bridgehead atoms. The molecule has 0 spiro atoms. The summed E-state index contributed by atoms with van der Waals surface area (Å²) in [5, 5.41) is 2.84. The second-order valence-electron chi connectivity index (χ2n) is 4.68. The third-order valence-electron chi connectivity index (χ3n) is 3.35. The van der Waals surface area contributed by atoms with Crippen molar-refractivity contribution in [2.24, 2.45) is 11.7 Å². The first-order chi connectivity index (χ1) is 9.16. The predicted octanol–water partition coefficient (Wildman–Crippen LogP) is 0.488. The lowest BCUT2D eigenvalue weighted by molar-refractivity contribution is -0.123. The lowest BCUT2D eigenvalue weighted by Crippen LogP contribution is -2.46. The lowest BCUT2D eigenvalue weighted by Gasteiger charge is -2.30. The lowest BCUT2D eigenvalue weighted by atomic mass is 9.96. The Labute approximate surface area is 112 Å². The topological polar surface area (TPSA) is 88.3 Å². The van der Waals surface area contributed by atoms with E-state index in [9.17, 15) is 9.59 Å². The number of aromatic nitrogens is 1. The Morgan fingerprint density at radius 2 is 2.16 bits per heavy atom. The molecular formula is C13H18N4O2. The molecule has 6 heteroatoms. The van der Waals surface area contributed by atoms with Gasteiger partial charge in [0.2, 0.25) is 5.91 Å². The Bertz CT molecular complexity index is 441. The molecule has 1 fully saturated rings. The summed E-state index contributed by atoms with van der Waals surface area (Å²) in [5.41, 5.74) is 6.22. The molecule has 0 aliphatic carbocycles. The minimum absolute atomic E-state index is 0.0950. The van der Waals surface area contributed by atoms with Gasteiger partial charge < -0.3 is 16.0 Å². The zero-order valence-corrected chi connectivity index (χ0v) is 10.7. The first-order valence-corrected chi connectivity index (χ1v) is 6.38. The van der Waals surface area contributed by atoms with Gasteiger partial charge in [-0.3, -0.25) is 9.78 Å². The van der Waals surface area contributed by atoms with Crippen molar-refractivity contribution < 1.29 is 9.59 Å². The van der Waals surface area contributed by atoms with E-state index >= 15 is 0 Å². The minimum Gasteiger partial charge on any atom is -0.369 e. The summed E-state index contributed by atoms with van der Waals surface area (Å²) in [6.45, 7) is 1.61. The largest absolute Gasteiger partial charge is 0.369 e. The highest BCUT2D eigenvalue weighted by Gasteiger charge is 2.25. The van der Waals surface area contributed by atoms with E-state index in [4.69, 9.17) is 5.73 Å². The van der Waals surface area contributed by atoms with Gasteiger partial charge in [0.25, 0.3) is 0 Å². The molecule has 6 nitrogen and oxygen atoms in total. The first-order valence-electron chi connectivity index (χ1n) is 6.38. The van der Waals surface area contributed by atoms with Crippen LogP contribution in [0.4, 0.5) is 4.79 Å². The van der Waals surface area contributed by atoms with Crippen LogP contribution in [0.25, 0.3) is 0 Å². The fourth-order valence-electron chi connectivity index (χ4n) is 2.16. The fourth-order valence-corrected chi connectivity index (χ4v) is 2.16.